The second-order valence-electron chi connectivity index (χ2n) is 4.36. The zero-order chi connectivity index (χ0) is 13.6. The predicted octanol–water partition coefficient (Wildman–Crippen LogP) is 1.70. The maximum absolute atomic E-state index is 12.2. The summed E-state index contributed by atoms with van der Waals surface area (Å²) >= 11 is 0. The number of carbonyl (C=O) groups is 2. The largest absolute Gasteiger partial charge is 0.462 e. The van der Waals surface area contributed by atoms with Crippen molar-refractivity contribution in [2.45, 2.75) is 52.2 Å². The van der Waals surface area contributed by atoms with Crippen LogP contribution in [0, 0.1) is 0 Å². The Kier molecular flexibility index (Phi) is 5.59. The molecule has 1 fully saturated rings. The van der Waals surface area contributed by atoms with Gasteiger partial charge >= 0.3 is 5.97 Å². The van der Waals surface area contributed by atoms with Crippen molar-refractivity contribution in [2.75, 3.05) is 19.8 Å². The van der Waals surface area contributed by atoms with E-state index in [0.29, 0.717) is 32.6 Å². The number of rotatable bonds is 6. The highest BCUT2D eigenvalue weighted by molar-refractivity contribution is 5.87. The fourth-order valence-corrected chi connectivity index (χ4v) is 2.28. The van der Waals surface area contributed by atoms with Crippen molar-refractivity contribution in [3.8, 4) is 0 Å². The summed E-state index contributed by atoms with van der Waals surface area (Å²) in [6.07, 6.45) is 2.42. The lowest BCUT2D eigenvalue weighted by Crippen LogP contribution is -2.55. The molecule has 5 nitrogen and oxygen atoms in total. The summed E-state index contributed by atoms with van der Waals surface area (Å²) < 4.78 is 10.8. The van der Waals surface area contributed by atoms with Gasteiger partial charge in [0.05, 0.1) is 6.61 Å². The summed E-state index contributed by atoms with van der Waals surface area (Å²) in [5.41, 5.74) is -1.18. The van der Waals surface area contributed by atoms with E-state index in [0.717, 1.165) is 12.8 Å². The van der Waals surface area contributed by atoms with Crippen molar-refractivity contribution < 1.29 is 19.1 Å². The van der Waals surface area contributed by atoms with Crippen LogP contribution in [-0.2, 0) is 19.1 Å². The molecule has 18 heavy (non-hydrogen) atoms. The van der Waals surface area contributed by atoms with Gasteiger partial charge in [-0.1, -0.05) is 13.8 Å². The second kappa shape index (κ2) is 6.73. The third-order valence-corrected chi connectivity index (χ3v) is 3.08. The maximum Gasteiger partial charge on any atom is 0.360 e. The van der Waals surface area contributed by atoms with Gasteiger partial charge in [-0.15, -0.1) is 0 Å². The number of hydrogen-bond donors (Lipinski definition) is 0. The topological polar surface area (TPSA) is 55.8 Å². The lowest BCUT2D eigenvalue weighted by molar-refractivity contribution is -0.198. The van der Waals surface area contributed by atoms with Gasteiger partial charge in [-0.05, 0) is 19.8 Å². The molecule has 1 aliphatic heterocycles. The first-order valence-electron chi connectivity index (χ1n) is 6.74. The van der Waals surface area contributed by atoms with E-state index in [9.17, 15) is 9.59 Å². The molecular weight excluding hydrogens is 234 g/mol. The highest BCUT2D eigenvalue weighted by atomic mass is 16.6. The molecule has 0 N–H and O–H groups in total. The molecule has 0 saturated carbocycles. The molecule has 104 valence electrons. The second-order valence-corrected chi connectivity index (χ2v) is 4.36. The van der Waals surface area contributed by atoms with Crippen LogP contribution in [0.15, 0.2) is 0 Å². The summed E-state index contributed by atoms with van der Waals surface area (Å²) in [6.45, 7) is 6.85. The first-order chi connectivity index (χ1) is 8.62. The van der Waals surface area contributed by atoms with E-state index in [1.807, 2.05) is 13.8 Å². The molecule has 1 saturated heterocycles. The average Bonchev–Trinajstić information content (AvgIpc) is 2.80. The highest BCUT2D eigenvalue weighted by Gasteiger charge is 2.51. The molecule has 0 aromatic rings. The van der Waals surface area contributed by atoms with Gasteiger partial charge < -0.3 is 14.4 Å². The molecule has 0 bridgehead atoms. The number of nitrogens with zero attached hydrogens (tertiary/aromatic N) is 1. The minimum Gasteiger partial charge on any atom is -0.462 e. The van der Waals surface area contributed by atoms with Crippen LogP contribution in [-0.4, -0.2) is 42.3 Å². The van der Waals surface area contributed by atoms with Gasteiger partial charge in [-0.2, -0.15) is 0 Å². The van der Waals surface area contributed by atoms with E-state index in [1.165, 1.54) is 4.90 Å². The fourth-order valence-electron chi connectivity index (χ4n) is 2.28. The monoisotopic (exact) mass is 257 g/mol. The number of likely N-dealkylation sites (tertiary alicyclic amines) is 1. The normalized spacial score (nSPS) is 23.2. The summed E-state index contributed by atoms with van der Waals surface area (Å²) in [5.74, 6) is -0.486. The van der Waals surface area contributed by atoms with Gasteiger partial charge in [0, 0.05) is 26.0 Å². The Hall–Kier alpha value is -1.10. The fraction of sp³-hybridized carbons (Fsp3) is 0.846. The molecule has 0 spiro atoms. The molecule has 0 aliphatic carbocycles. The first-order valence-corrected chi connectivity index (χ1v) is 6.74. The lowest BCUT2D eigenvalue weighted by atomic mass is 10.1. The Balaban J connectivity index is 2.90. The van der Waals surface area contributed by atoms with Crippen LogP contribution in [0.3, 0.4) is 0 Å². The number of carbonyl (C=O) groups excluding carboxylic acids is 2. The van der Waals surface area contributed by atoms with E-state index < -0.39 is 11.7 Å². The Morgan fingerprint density at radius 3 is 2.56 bits per heavy atom. The minimum absolute atomic E-state index is 0.0607. The summed E-state index contributed by atoms with van der Waals surface area (Å²) in [5, 5.41) is 0. The molecule has 0 aromatic heterocycles. The average molecular weight is 257 g/mol. The van der Waals surface area contributed by atoms with Crippen molar-refractivity contribution in [3.63, 3.8) is 0 Å². The van der Waals surface area contributed by atoms with Gasteiger partial charge in [0.2, 0.25) is 11.6 Å². The number of ether oxygens (including phenoxy) is 2. The minimum atomic E-state index is -1.18. The Morgan fingerprint density at radius 2 is 2.00 bits per heavy atom. The Morgan fingerprint density at radius 1 is 1.28 bits per heavy atom. The molecule has 0 aromatic carbocycles. The standard InChI is InChI=1S/C13H23NO4/c1-4-10-17-12(16)13(18-6-3)8-7-9-14(13)11(15)5-2/h4-10H2,1-3H3/t13-/m1/s1. The number of esters is 1. The van der Waals surface area contributed by atoms with E-state index >= 15 is 0 Å². The van der Waals surface area contributed by atoms with Crippen molar-refractivity contribution in [3.05, 3.63) is 0 Å². The van der Waals surface area contributed by atoms with E-state index in [2.05, 4.69) is 0 Å². The van der Waals surface area contributed by atoms with Crippen LogP contribution in [0.1, 0.15) is 46.5 Å². The van der Waals surface area contributed by atoms with Crippen molar-refractivity contribution in [1.29, 1.82) is 0 Å². The number of amides is 1. The van der Waals surface area contributed by atoms with Crippen LogP contribution in [0.5, 0.6) is 0 Å². The third kappa shape index (κ3) is 2.83. The molecule has 5 heteroatoms. The van der Waals surface area contributed by atoms with Gasteiger partial charge in [-0.25, -0.2) is 4.79 Å². The Bertz CT molecular complexity index is 305. The van der Waals surface area contributed by atoms with E-state index in [-0.39, 0.29) is 5.91 Å². The van der Waals surface area contributed by atoms with Gasteiger partial charge in [0.15, 0.2) is 0 Å². The van der Waals surface area contributed by atoms with E-state index in [1.54, 1.807) is 6.92 Å². The molecule has 1 amide bonds. The van der Waals surface area contributed by atoms with Crippen molar-refractivity contribution >= 4 is 11.9 Å². The molecular formula is C13H23NO4. The summed E-state index contributed by atoms with van der Waals surface area (Å²) in [4.78, 5) is 25.7. The van der Waals surface area contributed by atoms with Crippen LogP contribution in [0.2, 0.25) is 0 Å². The van der Waals surface area contributed by atoms with Gasteiger partial charge in [0.25, 0.3) is 0 Å². The molecule has 1 heterocycles. The Labute approximate surface area is 108 Å². The molecule has 0 radical (unpaired) electrons. The van der Waals surface area contributed by atoms with Crippen LogP contribution < -0.4 is 0 Å². The molecule has 1 rings (SSSR count). The summed E-state index contributed by atoms with van der Waals surface area (Å²) in [6, 6.07) is 0. The molecule has 1 aliphatic rings. The van der Waals surface area contributed by atoms with Crippen LogP contribution >= 0.6 is 0 Å². The summed E-state index contributed by atoms with van der Waals surface area (Å²) in [7, 11) is 0. The van der Waals surface area contributed by atoms with Crippen LogP contribution in [0.25, 0.3) is 0 Å². The van der Waals surface area contributed by atoms with Crippen molar-refractivity contribution in [2.24, 2.45) is 0 Å². The SMILES string of the molecule is CCCOC(=O)[C@]1(OCC)CCCN1C(=O)CC. The molecule has 0 unspecified atom stereocenters. The maximum atomic E-state index is 12.2. The number of hydrogen-bond acceptors (Lipinski definition) is 4. The van der Waals surface area contributed by atoms with E-state index in [4.69, 9.17) is 9.47 Å². The third-order valence-electron chi connectivity index (χ3n) is 3.08. The zero-order valence-electron chi connectivity index (χ0n) is 11.5. The zero-order valence-corrected chi connectivity index (χ0v) is 11.5. The predicted molar refractivity (Wildman–Crippen MR) is 66.8 cm³/mol. The smallest absolute Gasteiger partial charge is 0.360 e. The van der Waals surface area contributed by atoms with Gasteiger partial charge in [-0.3, -0.25) is 4.79 Å². The van der Waals surface area contributed by atoms with Crippen LogP contribution in [0.4, 0.5) is 0 Å². The quantitative estimate of drug-likeness (QED) is 0.680. The highest BCUT2D eigenvalue weighted by Crippen LogP contribution is 2.32. The first kappa shape index (κ1) is 15.0. The molecule has 1 atom stereocenters. The van der Waals surface area contributed by atoms with Gasteiger partial charge in [0.1, 0.15) is 0 Å². The van der Waals surface area contributed by atoms with Crippen molar-refractivity contribution in [1.82, 2.24) is 4.90 Å². The lowest BCUT2D eigenvalue weighted by Gasteiger charge is -2.35.